The zero-order valence-corrected chi connectivity index (χ0v) is 21.1. The van der Waals surface area contributed by atoms with Gasteiger partial charge < -0.3 is 13.9 Å². The summed E-state index contributed by atoms with van der Waals surface area (Å²) in [7, 11) is 1.57. The van der Waals surface area contributed by atoms with Crippen molar-refractivity contribution in [1.82, 2.24) is 5.43 Å². The van der Waals surface area contributed by atoms with E-state index in [4.69, 9.17) is 13.9 Å². The second kappa shape index (κ2) is 10.2. The van der Waals surface area contributed by atoms with Crippen molar-refractivity contribution in [3.8, 4) is 11.5 Å². The van der Waals surface area contributed by atoms with Crippen molar-refractivity contribution < 1.29 is 18.7 Å². The predicted octanol–water partition coefficient (Wildman–Crippen LogP) is 6.62. The monoisotopic (exact) mass is 570 g/mol. The molecule has 0 spiro atoms. The van der Waals surface area contributed by atoms with Gasteiger partial charge in [-0.2, -0.15) is 5.10 Å². The maximum Gasteiger partial charge on any atom is 0.307 e. The summed E-state index contributed by atoms with van der Waals surface area (Å²) < 4.78 is 18.7. The van der Waals surface area contributed by atoms with Crippen molar-refractivity contribution in [3.63, 3.8) is 0 Å². The SMILES string of the molecule is COc1cc(/C=N/NC(=O)c2cc3cc(Br)ccc3o2)c(Br)cc1OCc1ccc(C)cc1. The third-order valence-corrected chi connectivity index (χ3v) is 6.05. The lowest BCUT2D eigenvalue weighted by atomic mass is 10.2. The fraction of sp³-hybridized carbons (Fsp3) is 0.120. The first kappa shape index (κ1) is 23.1. The van der Waals surface area contributed by atoms with Gasteiger partial charge in [-0.1, -0.05) is 45.8 Å². The van der Waals surface area contributed by atoms with E-state index >= 15 is 0 Å². The molecule has 0 bridgehead atoms. The highest BCUT2D eigenvalue weighted by atomic mass is 79.9. The summed E-state index contributed by atoms with van der Waals surface area (Å²) in [6.07, 6.45) is 1.52. The topological polar surface area (TPSA) is 73.1 Å². The van der Waals surface area contributed by atoms with Crippen LogP contribution in [0.3, 0.4) is 0 Å². The van der Waals surface area contributed by atoms with E-state index in [1.807, 2.05) is 49.4 Å². The van der Waals surface area contributed by atoms with Gasteiger partial charge in [-0.25, -0.2) is 5.43 Å². The van der Waals surface area contributed by atoms with Crippen molar-refractivity contribution in [3.05, 3.63) is 92.1 Å². The Morgan fingerprint density at radius 3 is 2.61 bits per heavy atom. The van der Waals surface area contributed by atoms with E-state index in [2.05, 4.69) is 42.4 Å². The number of rotatable bonds is 7. The zero-order valence-electron chi connectivity index (χ0n) is 17.9. The number of methoxy groups -OCH3 is 1. The number of hydrazone groups is 1. The molecule has 0 aliphatic carbocycles. The second-order valence-electron chi connectivity index (χ2n) is 7.29. The Morgan fingerprint density at radius 1 is 1.06 bits per heavy atom. The molecule has 0 atom stereocenters. The predicted molar refractivity (Wildman–Crippen MR) is 135 cm³/mol. The van der Waals surface area contributed by atoms with E-state index in [0.29, 0.717) is 29.3 Å². The van der Waals surface area contributed by atoms with Gasteiger partial charge >= 0.3 is 5.91 Å². The molecule has 6 nitrogen and oxygen atoms in total. The number of nitrogens with zero attached hydrogens (tertiary/aromatic N) is 1. The summed E-state index contributed by atoms with van der Waals surface area (Å²) in [5.41, 5.74) is 6.08. The van der Waals surface area contributed by atoms with Crippen LogP contribution < -0.4 is 14.9 Å². The number of furan rings is 1. The maximum atomic E-state index is 12.4. The molecule has 0 fully saturated rings. The molecule has 4 rings (SSSR count). The molecule has 0 aliphatic rings. The van der Waals surface area contributed by atoms with Gasteiger partial charge in [0.25, 0.3) is 0 Å². The minimum absolute atomic E-state index is 0.178. The smallest absolute Gasteiger partial charge is 0.307 e. The van der Waals surface area contributed by atoms with E-state index in [1.54, 1.807) is 25.3 Å². The first-order valence-electron chi connectivity index (χ1n) is 10.0. The van der Waals surface area contributed by atoms with Crippen LogP contribution >= 0.6 is 31.9 Å². The highest BCUT2D eigenvalue weighted by Gasteiger charge is 2.13. The number of benzene rings is 3. The van der Waals surface area contributed by atoms with E-state index < -0.39 is 5.91 Å². The standard InChI is InChI=1S/C25H20Br2N2O4/c1-15-3-5-16(6-4-15)14-32-23-12-20(27)18(11-22(23)31-2)13-28-29-25(30)24-10-17-9-19(26)7-8-21(17)33-24/h3-13H,14H2,1-2H3,(H,29,30)/b28-13+. The zero-order chi connectivity index (χ0) is 23.4. The molecular formula is C25H20Br2N2O4. The lowest BCUT2D eigenvalue weighted by molar-refractivity contribution is 0.0929. The fourth-order valence-electron chi connectivity index (χ4n) is 3.11. The van der Waals surface area contributed by atoms with Crippen LogP contribution in [-0.2, 0) is 6.61 Å². The number of hydrogen-bond donors (Lipinski definition) is 1. The minimum Gasteiger partial charge on any atom is -0.493 e. The number of ether oxygens (including phenoxy) is 2. The Kier molecular flexibility index (Phi) is 7.15. The van der Waals surface area contributed by atoms with Gasteiger partial charge in [-0.3, -0.25) is 4.79 Å². The van der Waals surface area contributed by atoms with E-state index in [0.717, 1.165) is 19.9 Å². The molecule has 1 aromatic heterocycles. The molecule has 0 saturated heterocycles. The second-order valence-corrected chi connectivity index (χ2v) is 9.06. The Hall–Kier alpha value is -3.10. The number of halogens is 2. The average molecular weight is 572 g/mol. The molecule has 1 heterocycles. The van der Waals surface area contributed by atoms with Crippen LogP contribution in [0.4, 0.5) is 0 Å². The third kappa shape index (κ3) is 5.64. The molecule has 0 saturated carbocycles. The quantitative estimate of drug-likeness (QED) is 0.200. The number of carbonyl (C=O) groups excluding carboxylic acids is 1. The van der Waals surface area contributed by atoms with Gasteiger partial charge in [0.05, 0.1) is 13.3 Å². The molecule has 0 unspecified atom stereocenters. The lowest BCUT2D eigenvalue weighted by Crippen LogP contribution is -2.16. The molecule has 0 radical (unpaired) electrons. The van der Waals surface area contributed by atoms with Crippen LogP contribution in [0.1, 0.15) is 27.2 Å². The summed E-state index contributed by atoms with van der Waals surface area (Å²) in [4.78, 5) is 12.4. The number of carbonyl (C=O) groups is 1. The van der Waals surface area contributed by atoms with E-state index in [9.17, 15) is 4.79 Å². The first-order valence-corrected chi connectivity index (χ1v) is 11.6. The number of hydrogen-bond acceptors (Lipinski definition) is 5. The van der Waals surface area contributed by atoms with Crippen LogP contribution in [-0.4, -0.2) is 19.2 Å². The molecule has 168 valence electrons. The van der Waals surface area contributed by atoms with Crippen molar-refractivity contribution in [2.45, 2.75) is 13.5 Å². The van der Waals surface area contributed by atoms with E-state index in [-0.39, 0.29) is 5.76 Å². The van der Waals surface area contributed by atoms with Crippen LogP contribution in [0.25, 0.3) is 11.0 Å². The van der Waals surface area contributed by atoms with Crippen molar-refractivity contribution in [2.75, 3.05) is 7.11 Å². The lowest BCUT2D eigenvalue weighted by Gasteiger charge is -2.13. The summed E-state index contributed by atoms with van der Waals surface area (Å²) in [6.45, 7) is 2.46. The van der Waals surface area contributed by atoms with Crippen molar-refractivity contribution >= 4 is 55.0 Å². The van der Waals surface area contributed by atoms with Crippen LogP contribution in [0.5, 0.6) is 11.5 Å². The molecule has 8 heteroatoms. The number of fused-ring (bicyclic) bond motifs is 1. The van der Waals surface area contributed by atoms with Gasteiger partial charge in [-0.05, 0) is 64.8 Å². The molecule has 1 N–H and O–H groups in total. The molecule has 1 amide bonds. The summed E-state index contributed by atoms with van der Waals surface area (Å²) in [5.74, 6) is 0.886. The van der Waals surface area contributed by atoms with E-state index in [1.165, 1.54) is 11.8 Å². The third-order valence-electron chi connectivity index (χ3n) is 4.87. The number of aryl methyl sites for hydroxylation is 1. The summed E-state index contributed by atoms with van der Waals surface area (Å²) in [6, 6.07) is 18.9. The Labute approximate surface area is 207 Å². The minimum atomic E-state index is -0.445. The number of amides is 1. The highest BCUT2D eigenvalue weighted by Crippen LogP contribution is 2.33. The number of nitrogens with one attached hydrogen (secondary N) is 1. The summed E-state index contributed by atoms with van der Waals surface area (Å²) in [5, 5.41) is 4.88. The van der Waals surface area contributed by atoms with Crippen LogP contribution in [0, 0.1) is 6.92 Å². The fourth-order valence-corrected chi connectivity index (χ4v) is 3.91. The average Bonchev–Trinajstić information content (AvgIpc) is 3.23. The van der Waals surface area contributed by atoms with Gasteiger partial charge in [-0.15, -0.1) is 0 Å². The molecule has 0 aliphatic heterocycles. The molecule has 33 heavy (non-hydrogen) atoms. The molecule has 4 aromatic rings. The maximum absolute atomic E-state index is 12.4. The van der Waals surface area contributed by atoms with Crippen molar-refractivity contribution in [1.29, 1.82) is 0 Å². The molecule has 3 aromatic carbocycles. The Morgan fingerprint density at radius 2 is 1.85 bits per heavy atom. The van der Waals surface area contributed by atoms with Gasteiger partial charge in [0.1, 0.15) is 12.2 Å². The Balaban J connectivity index is 1.44. The largest absolute Gasteiger partial charge is 0.493 e. The van der Waals surface area contributed by atoms with Crippen LogP contribution in [0.15, 0.2) is 79.1 Å². The summed E-state index contributed by atoms with van der Waals surface area (Å²) >= 11 is 6.93. The van der Waals surface area contributed by atoms with Crippen molar-refractivity contribution in [2.24, 2.45) is 5.10 Å². The van der Waals surface area contributed by atoms with Gasteiger partial charge in [0, 0.05) is 19.9 Å². The Bertz CT molecular complexity index is 1330. The van der Waals surface area contributed by atoms with Crippen LogP contribution in [0.2, 0.25) is 0 Å². The normalized spacial score (nSPS) is 11.2. The molecular weight excluding hydrogens is 552 g/mol. The van der Waals surface area contributed by atoms with Gasteiger partial charge in [0.15, 0.2) is 17.3 Å². The highest BCUT2D eigenvalue weighted by molar-refractivity contribution is 9.10. The first-order chi connectivity index (χ1) is 15.9. The van der Waals surface area contributed by atoms with Gasteiger partial charge in [0.2, 0.25) is 0 Å².